The van der Waals surface area contributed by atoms with Crippen LogP contribution in [0.1, 0.15) is 48.2 Å². The van der Waals surface area contributed by atoms with Crippen molar-refractivity contribution < 1.29 is 18.3 Å². The molecule has 0 atom stereocenters. The molecule has 0 saturated carbocycles. The fourth-order valence-electron chi connectivity index (χ4n) is 3.00. The lowest BCUT2D eigenvalue weighted by molar-refractivity contribution is 0.0697. The van der Waals surface area contributed by atoms with Gasteiger partial charge < -0.3 is 10.0 Å². The maximum absolute atomic E-state index is 13.0. The number of carboxylic acid groups (broad SMARTS) is 1. The molecule has 6 nitrogen and oxygen atoms in total. The minimum absolute atomic E-state index is 0.0366. The standard InChI is InChI=1S/C21H28N2O4S/c1-5-11-23(12-6-2)20-10-8-17(21(24)25)14-19(20)22-28(26,27)18-9-7-15(3)16(4)13-18/h7-10,13-14,22H,5-6,11-12H2,1-4H3,(H,24,25). The Labute approximate surface area is 167 Å². The summed E-state index contributed by atoms with van der Waals surface area (Å²) < 4.78 is 28.5. The third kappa shape index (κ3) is 5.04. The summed E-state index contributed by atoms with van der Waals surface area (Å²) in [5.74, 6) is -1.10. The van der Waals surface area contributed by atoms with Gasteiger partial charge in [-0.1, -0.05) is 19.9 Å². The maximum atomic E-state index is 13.0. The molecule has 0 saturated heterocycles. The van der Waals surface area contributed by atoms with E-state index in [0.717, 1.165) is 37.1 Å². The highest BCUT2D eigenvalue weighted by molar-refractivity contribution is 7.92. The average Bonchev–Trinajstić information content (AvgIpc) is 2.63. The van der Waals surface area contributed by atoms with Crippen molar-refractivity contribution in [1.29, 1.82) is 0 Å². The smallest absolute Gasteiger partial charge is 0.335 e. The topological polar surface area (TPSA) is 86.7 Å². The van der Waals surface area contributed by atoms with Gasteiger partial charge in [0.25, 0.3) is 10.0 Å². The zero-order valence-electron chi connectivity index (χ0n) is 16.8. The lowest BCUT2D eigenvalue weighted by atomic mass is 10.1. The molecule has 152 valence electrons. The molecular formula is C21H28N2O4S. The zero-order chi connectivity index (χ0) is 20.9. The molecule has 0 aromatic heterocycles. The second-order valence-electron chi connectivity index (χ2n) is 6.88. The number of carboxylic acids is 1. The molecule has 0 heterocycles. The summed E-state index contributed by atoms with van der Waals surface area (Å²) in [4.78, 5) is 13.6. The molecular weight excluding hydrogens is 376 g/mol. The minimum Gasteiger partial charge on any atom is -0.478 e. The summed E-state index contributed by atoms with van der Waals surface area (Å²) >= 11 is 0. The van der Waals surface area contributed by atoms with Gasteiger partial charge >= 0.3 is 5.97 Å². The quantitative estimate of drug-likeness (QED) is 0.646. The predicted molar refractivity (Wildman–Crippen MR) is 113 cm³/mol. The zero-order valence-corrected chi connectivity index (χ0v) is 17.6. The Kier molecular flexibility index (Phi) is 7.07. The van der Waals surface area contributed by atoms with Gasteiger partial charge in [-0.15, -0.1) is 0 Å². The molecule has 2 rings (SSSR count). The summed E-state index contributed by atoms with van der Waals surface area (Å²) in [5, 5.41) is 9.34. The van der Waals surface area contributed by atoms with Crippen molar-refractivity contribution in [2.24, 2.45) is 0 Å². The van der Waals surface area contributed by atoms with E-state index in [2.05, 4.69) is 9.62 Å². The molecule has 0 radical (unpaired) electrons. The van der Waals surface area contributed by atoms with Crippen LogP contribution in [-0.2, 0) is 10.0 Å². The Morgan fingerprint density at radius 1 is 1.00 bits per heavy atom. The molecule has 0 spiro atoms. The van der Waals surface area contributed by atoms with Crippen LogP contribution >= 0.6 is 0 Å². The fraction of sp³-hybridized carbons (Fsp3) is 0.381. The predicted octanol–water partition coefficient (Wildman–Crippen LogP) is 4.43. The highest BCUT2D eigenvalue weighted by atomic mass is 32.2. The number of aryl methyl sites for hydroxylation is 2. The summed E-state index contributed by atoms with van der Waals surface area (Å²) in [7, 11) is -3.85. The van der Waals surface area contributed by atoms with E-state index >= 15 is 0 Å². The van der Waals surface area contributed by atoms with Gasteiger partial charge in [-0.05, 0) is 68.1 Å². The Morgan fingerprint density at radius 3 is 2.18 bits per heavy atom. The van der Waals surface area contributed by atoms with E-state index in [9.17, 15) is 18.3 Å². The van der Waals surface area contributed by atoms with Crippen molar-refractivity contribution in [2.75, 3.05) is 22.7 Å². The van der Waals surface area contributed by atoms with E-state index in [0.29, 0.717) is 5.69 Å². The SMILES string of the molecule is CCCN(CCC)c1ccc(C(=O)O)cc1NS(=O)(=O)c1ccc(C)c(C)c1. The molecule has 7 heteroatoms. The van der Waals surface area contributed by atoms with Crippen molar-refractivity contribution in [1.82, 2.24) is 0 Å². The Hall–Kier alpha value is -2.54. The fourth-order valence-corrected chi connectivity index (χ4v) is 4.15. The molecule has 0 amide bonds. The number of aromatic carboxylic acids is 1. The van der Waals surface area contributed by atoms with Gasteiger partial charge in [0, 0.05) is 13.1 Å². The lowest BCUT2D eigenvalue weighted by Gasteiger charge is -2.27. The number of nitrogens with zero attached hydrogens (tertiary/aromatic N) is 1. The van der Waals surface area contributed by atoms with Crippen LogP contribution in [-0.4, -0.2) is 32.6 Å². The van der Waals surface area contributed by atoms with Gasteiger partial charge in [0.2, 0.25) is 0 Å². The number of benzene rings is 2. The van der Waals surface area contributed by atoms with E-state index < -0.39 is 16.0 Å². The number of anilines is 2. The first-order valence-electron chi connectivity index (χ1n) is 9.42. The van der Waals surface area contributed by atoms with Crippen LogP contribution in [0.15, 0.2) is 41.3 Å². The van der Waals surface area contributed by atoms with Gasteiger partial charge in [-0.2, -0.15) is 0 Å². The van der Waals surface area contributed by atoms with Gasteiger partial charge in [0.1, 0.15) is 0 Å². The monoisotopic (exact) mass is 404 g/mol. The Morgan fingerprint density at radius 2 is 1.64 bits per heavy atom. The van der Waals surface area contributed by atoms with Crippen LogP contribution in [0.3, 0.4) is 0 Å². The summed E-state index contributed by atoms with van der Waals surface area (Å²) in [5.41, 5.74) is 2.88. The molecule has 0 aliphatic heterocycles. The van der Waals surface area contributed by atoms with Crippen LogP contribution < -0.4 is 9.62 Å². The number of sulfonamides is 1. The van der Waals surface area contributed by atoms with Crippen LogP contribution in [0.4, 0.5) is 11.4 Å². The highest BCUT2D eigenvalue weighted by Crippen LogP contribution is 2.30. The van der Waals surface area contributed by atoms with Crippen LogP contribution in [0.5, 0.6) is 0 Å². The molecule has 0 bridgehead atoms. The largest absolute Gasteiger partial charge is 0.478 e. The Balaban J connectivity index is 2.52. The van der Waals surface area contributed by atoms with Gasteiger partial charge in [0.05, 0.1) is 21.8 Å². The molecule has 2 aromatic rings. The molecule has 2 N–H and O–H groups in total. The van der Waals surface area contributed by atoms with Crippen molar-refractivity contribution in [3.8, 4) is 0 Å². The van der Waals surface area contributed by atoms with Crippen LogP contribution in [0, 0.1) is 13.8 Å². The van der Waals surface area contributed by atoms with E-state index in [4.69, 9.17) is 0 Å². The normalized spacial score (nSPS) is 11.3. The number of rotatable bonds is 9. The van der Waals surface area contributed by atoms with E-state index in [1.165, 1.54) is 12.1 Å². The lowest BCUT2D eigenvalue weighted by Crippen LogP contribution is -2.27. The molecule has 28 heavy (non-hydrogen) atoms. The number of carbonyl (C=O) groups is 1. The first kappa shape index (κ1) is 21.8. The average molecular weight is 405 g/mol. The highest BCUT2D eigenvalue weighted by Gasteiger charge is 2.20. The van der Waals surface area contributed by atoms with Crippen molar-refractivity contribution in [2.45, 2.75) is 45.4 Å². The second kappa shape index (κ2) is 9.10. The van der Waals surface area contributed by atoms with Crippen molar-refractivity contribution >= 4 is 27.4 Å². The van der Waals surface area contributed by atoms with E-state index in [-0.39, 0.29) is 16.1 Å². The number of hydrogen-bond donors (Lipinski definition) is 2. The van der Waals surface area contributed by atoms with Crippen molar-refractivity contribution in [3.05, 3.63) is 53.1 Å². The maximum Gasteiger partial charge on any atom is 0.335 e. The summed E-state index contributed by atoms with van der Waals surface area (Å²) in [6.45, 7) is 9.37. The second-order valence-corrected chi connectivity index (χ2v) is 8.56. The van der Waals surface area contributed by atoms with Gasteiger partial charge in [-0.3, -0.25) is 4.72 Å². The third-order valence-corrected chi connectivity index (χ3v) is 5.97. The number of nitrogens with one attached hydrogen (secondary N) is 1. The Bertz CT molecular complexity index is 949. The summed E-state index contributed by atoms with van der Waals surface area (Å²) in [6.07, 6.45) is 1.79. The van der Waals surface area contributed by atoms with Gasteiger partial charge in [-0.25, -0.2) is 13.2 Å². The molecule has 0 aliphatic carbocycles. The number of hydrogen-bond acceptors (Lipinski definition) is 4. The van der Waals surface area contributed by atoms with Gasteiger partial charge in [0.15, 0.2) is 0 Å². The first-order chi connectivity index (χ1) is 13.2. The van der Waals surface area contributed by atoms with Crippen molar-refractivity contribution in [3.63, 3.8) is 0 Å². The van der Waals surface area contributed by atoms with Crippen LogP contribution in [0.25, 0.3) is 0 Å². The molecule has 0 fully saturated rings. The molecule has 0 aliphatic rings. The summed E-state index contributed by atoms with van der Waals surface area (Å²) in [6, 6.07) is 9.50. The van der Waals surface area contributed by atoms with Crippen LogP contribution in [0.2, 0.25) is 0 Å². The third-order valence-electron chi connectivity index (χ3n) is 4.60. The molecule has 0 unspecified atom stereocenters. The van der Waals surface area contributed by atoms with E-state index in [1.807, 2.05) is 27.7 Å². The van der Waals surface area contributed by atoms with E-state index in [1.54, 1.807) is 24.3 Å². The first-order valence-corrected chi connectivity index (χ1v) is 10.9. The minimum atomic E-state index is -3.85. The molecule has 2 aromatic carbocycles.